The first-order chi connectivity index (χ1) is 43.0. The average Bonchev–Trinajstić information content (AvgIpc) is 1.75. The van der Waals surface area contributed by atoms with Crippen LogP contribution in [0, 0.1) is 32.6 Å². The molecule has 0 spiro atoms. The Balaban J connectivity index is 1.33. The molecular formula is C75H120O14. The van der Waals surface area contributed by atoms with Gasteiger partial charge in [0.15, 0.2) is 6.10 Å². The molecule has 1 aliphatic rings. The number of aryl methyl sites for hydroxylation is 2. The van der Waals surface area contributed by atoms with Crippen LogP contribution in [0.1, 0.15) is 322 Å². The lowest BCUT2D eigenvalue weighted by Crippen LogP contribution is -2.31. The fraction of sp³-hybridized carbons (Fsp3) is 0.733. The smallest absolute Gasteiger partial charge is 0.342 e. The molecule has 0 saturated carbocycles. The van der Waals surface area contributed by atoms with Gasteiger partial charge in [-0.2, -0.15) is 0 Å². The first kappa shape index (κ1) is 77.8. The van der Waals surface area contributed by atoms with E-state index in [1.807, 2.05) is 59.8 Å². The van der Waals surface area contributed by atoms with Crippen LogP contribution in [-0.2, 0) is 67.3 Å². The van der Waals surface area contributed by atoms with Gasteiger partial charge in [0.1, 0.15) is 49.2 Å². The number of hydrogen-bond acceptors (Lipinski definition) is 14. The zero-order chi connectivity index (χ0) is 65.0. The number of rotatable bonds is 53. The van der Waals surface area contributed by atoms with Crippen molar-refractivity contribution in [3.8, 4) is 17.2 Å². The molecule has 14 heteroatoms. The van der Waals surface area contributed by atoms with Crippen molar-refractivity contribution < 1.29 is 67.0 Å². The van der Waals surface area contributed by atoms with Gasteiger partial charge >= 0.3 is 35.8 Å². The Hall–Kier alpha value is -5.40. The van der Waals surface area contributed by atoms with E-state index >= 15 is 0 Å². The largest absolute Gasteiger partial charge is 0.507 e. The number of esters is 6. The number of carbonyl (C=O) groups is 6. The highest BCUT2D eigenvalue weighted by molar-refractivity contribution is 5.98. The zero-order valence-corrected chi connectivity index (χ0v) is 57.1. The zero-order valence-electron chi connectivity index (χ0n) is 57.1. The van der Waals surface area contributed by atoms with Crippen molar-refractivity contribution in [3.05, 3.63) is 62.7 Å². The normalized spacial score (nSPS) is 12.8. The molecule has 0 fully saturated rings. The summed E-state index contributed by atoms with van der Waals surface area (Å²) in [5.41, 5.74) is 5.33. The number of phenolic OH excluding ortho intramolecular Hbond substituents is 1. The third-order valence-corrected chi connectivity index (χ3v) is 17.5. The van der Waals surface area contributed by atoms with Crippen molar-refractivity contribution in [1.82, 2.24) is 0 Å². The van der Waals surface area contributed by atoms with E-state index in [1.165, 1.54) is 136 Å². The van der Waals surface area contributed by atoms with Crippen molar-refractivity contribution in [1.29, 1.82) is 0 Å². The molecule has 504 valence electrons. The Morgan fingerprint density at radius 1 is 0.573 bits per heavy atom. The SMILES string of the molecule is CCCCCCCCCCCCCCCC(=O)OCC(COC(=O)CCCCCCCCCCCCCCC)OC(=O)CC(C)CCCCCCCC(C)C(=O)Oc1c(C)cc(COC(=O)CC/C(C)=C/Cc2c(O)c3c(c(C)c2OC)COC3=O)cc1C. The highest BCUT2D eigenvalue weighted by Crippen LogP contribution is 2.42. The third kappa shape index (κ3) is 33.5. The van der Waals surface area contributed by atoms with E-state index in [4.69, 9.17) is 33.2 Å². The Bertz CT molecular complexity index is 2340. The third-order valence-electron chi connectivity index (χ3n) is 17.5. The fourth-order valence-corrected chi connectivity index (χ4v) is 11.8. The summed E-state index contributed by atoms with van der Waals surface area (Å²) in [6.45, 7) is 15.8. The van der Waals surface area contributed by atoms with Gasteiger partial charge in [-0.25, -0.2) is 4.79 Å². The number of methoxy groups -OCH3 is 1. The fourth-order valence-electron chi connectivity index (χ4n) is 11.8. The summed E-state index contributed by atoms with van der Waals surface area (Å²) in [4.78, 5) is 77.1. The van der Waals surface area contributed by atoms with Crippen LogP contribution in [0.5, 0.6) is 17.2 Å². The van der Waals surface area contributed by atoms with Gasteiger partial charge in [0.25, 0.3) is 0 Å². The van der Waals surface area contributed by atoms with Crippen molar-refractivity contribution in [2.24, 2.45) is 11.8 Å². The lowest BCUT2D eigenvalue weighted by Gasteiger charge is -2.19. The minimum atomic E-state index is -0.857. The topological polar surface area (TPSA) is 187 Å². The van der Waals surface area contributed by atoms with E-state index in [0.717, 1.165) is 105 Å². The van der Waals surface area contributed by atoms with Crippen LogP contribution in [0.15, 0.2) is 23.8 Å². The van der Waals surface area contributed by atoms with E-state index in [-0.39, 0.29) is 92.3 Å². The molecule has 1 N–H and O–H groups in total. The molecule has 3 rings (SSSR count). The van der Waals surface area contributed by atoms with Crippen LogP contribution in [0.25, 0.3) is 0 Å². The maximum absolute atomic E-state index is 13.2. The molecule has 0 saturated heterocycles. The van der Waals surface area contributed by atoms with Crippen molar-refractivity contribution in [2.45, 2.75) is 325 Å². The van der Waals surface area contributed by atoms with E-state index in [9.17, 15) is 33.9 Å². The minimum absolute atomic E-state index is 0.0778. The molecule has 2 atom stereocenters. The summed E-state index contributed by atoms with van der Waals surface area (Å²) in [6.07, 6.45) is 41.0. The number of phenols is 1. The number of carbonyl (C=O) groups excluding carboxylic acids is 6. The van der Waals surface area contributed by atoms with Crippen molar-refractivity contribution >= 4 is 35.8 Å². The molecule has 0 aliphatic carbocycles. The molecule has 0 radical (unpaired) electrons. The Morgan fingerprint density at radius 2 is 1.02 bits per heavy atom. The molecule has 0 aromatic heterocycles. The first-order valence-electron chi connectivity index (χ1n) is 35.2. The summed E-state index contributed by atoms with van der Waals surface area (Å²) in [6, 6.07) is 3.74. The molecule has 14 nitrogen and oxygen atoms in total. The lowest BCUT2D eigenvalue weighted by atomic mass is 9.94. The molecule has 1 heterocycles. The second-order valence-corrected chi connectivity index (χ2v) is 25.8. The number of hydrogen-bond donors (Lipinski definition) is 1. The lowest BCUT2D eigenvalue weighted by molar-refractivity contribution is -0.167. The average molecular weight is 1250 g/mol. The number of aromatic hydroxyl groups is 1. The molecule has 0 bridgehead atoms. The standard InChI is InChI=1S/C75H120O14/c1-10-12-14-16-18-20-22-24-26-28-30-35-39-43-66(76)85-53-63(54-86-67(77)44-40-36-31-29-27-25-23-21-19-17-15-13-11-2)88-69(79)49-57(4)41-37-33-32-34-38-42-58(5)74(81)89-72-59(6)50-62(51-60(72)7)52-84-68(78)48-46-56(3)45-47-64-71(80)70-65(55-87-75(70)82)61(8)73(64)83-9/h45,50-51,57-58,63,80H,10-44,46-49,52-55H2,1-9H3/b56-45+. The van der Waals surface area contributed by atoms with Gasteiger partial charge in [-0.3, -0.25) is 24.0 Å². The van der Waals surface area contributed by atoms with E-state index in [0.29, 0.717) is 54.7 Å². The van der Waals surface area contributed by atoms with Gasteiger partial charge in [-0.15, -0.1) is 0 Å². The maximum atomic E-state index is 13.2. The van der Waals surface area contributed by atoms with Gasteiger partial charge in [0.05, 0.1) is 13.0 Å². The van der Waals surface area contributed by atoms with Crippen LogP contribution in [0.4, 0.5) is 0 Å². The summed E-state index contributed by atoms with van der Waals surface area (Å²) < 4.78 is 39.3. The van der Waals surface area contributed by atoms with Gasteiger partial charge in [0.2, 0.25) is 0 Å². The molecule has 1 aliphatic heterocycles. The van der Waals surface area contributed by atoms with Gasteiger partial charge < -0.3 is 38.3 Å². The van der Waals surface area contributed by atoms with Crippen molar-refractivity contribution in [3.63, 3.8) is 0 Å². The maximum Gasteiger partial charge on any atom is 0.342 e. The minimum Gasteiger partial charge on any atom is -0.507 e. The van der Waals surface area contributed by atoms with E-state index < -0.39 is 12.1 Å². The van der Waals surface area contributed by atoms with E-state index in [2.05, 4.69) is 13.8 Å². The molecule has 89 heavy (non-hydrogen) atoms. The summed E-state index contributed by atoms with van der Waals surface area (Å²) in [7, 11) is 1.53. The number of fused-ring (bicyclic) bond motifs is 1. The molecule has 2 aromatic rings. The monoisotopic (exact) mass is 1240 g/mol. The summed E-state index contributed by atoms with van der Waals surface area (Å²) >= 11 is 0. The molecular weight excluding hydrogens is 1120 g/mol. The van der Waals surface area contributed by atoms with Crippen LogP contribution < -0.4 is 9.47 Å². The molecule has 2 unspecified atom stereocenters. The van der Waals surface area contributed by atoms with Crippen LogP contribution in [0.3, 0.4) is 0 Å². The van der Waals surface area contributed by atoms with Crippen molar-refractivity contribution in [2.75, 3.05) is 20.3 Å². The van der Waals surface area contributed by atoms with Gasteiger partial charge in [-0.1, -0.05) is 232 Å². The van der Waals surface area contributed by atoms with E-state index in [1.54, 1.807) is 0 Å². The highest BCUT2D eigenvalue weighted by atomic mass is 16.6. The number of cyclic esters (lactones) is 1. The molecule has 2 aromatic carbocycles. The quantitative estimate of drug-likeness (QED) is 0.0217. The van der Waals surface area contributed by atoms with Crippen LogP contribution >= 0.6 is 0 Å². The second-order valence-electron chi connectivity index (χ2n) is 25.8. The number of ether oxygens (including phenoxy) is 7. The first-order valence-corrected chi connectivity index (χ1v) is 35.2. The number of benzene rings is 2. The number of allylic oxidation sites excluding steroid dienone is 2. The predicted octanol–water partition coefficient (Wildman–Crippen LogP) is 19.3. The highest BCUT2D eigenvalue weighted by Gasteiger charge is 2.32. The van der Waals surface area contributed by atoms with Gasteiger partial charge in [-0.05, 0) is 100 Å². The Kier molecular flexibility index (Phi) is 41.5. The predicted molar refractivity (Wildman–Crippen MR) is 354 cm³/mol. The Labute approximate surface area is 537 Å². The second kappa shape index (κ2) is 47.5. The summed E-state index contributed by atoms with van der Waals surface area (Å²) in [5, 5.41) is 10.9. The molecule has 0 amide bonds. The van der Waals surface area contributed by atoms with Crippen LogP contribution in [-0.4, -0.2) is 67.3 Å². The Morgan fingerprint density at radius 3 is 1.51 bits per heavy atom. The van der Waals surface area contributed by atoms with Gasteiger partial charge in [0, 0.05) is 36.8 Å². The van der Waals surface area contributed by atoms with Crippen LogP contribution in [0.2, 0.25) is 0 Å². The summed E-state index contributed by atoms with van der Waals surface area (Å²) in [5.74, 6) is -1.53. The number of unbranched alkanes of at least 4 members (excludes halogenated alkanes) is 28.